The van der Waals surface area contributed by atoms with Gasteiger partial charge in [-0.15, -0.1) is 0 Å². The molecule has 0 saturated heterocycles. The quantitative estimate of drug-likeness (QED) is 0.327. The first-order valence-corrected chi connectivity index (χ1v) is 6.86. The monoisotopic (exact) mass is 376 g/mol. The smallest absolute Gasteiger partial charge is 0.344 e. The van der Waals surface area contributed by atoms with Gasteiger partial charge in [-0.3, -0.25) is 20.2 Å². The Morgan fingerprint density at radius 3 is 1.56 bits per heavy atom. The molecule has 2 aromatic rings. The zero-order chi connectivity index (χ0) is 20.3. The summed E-state index contributed by atoms with van der Waals surface area (Å²) in [6.07, 6.45) is 0. The molecule has 2 aromatic carbocycles. The van der Waals surface area contributed by atoms with Crippen LogP contribution in [0.5, 0.6) is 5.75 Å². The van der Waals surface area contributed by atoms with E-state index in [4.69, 9.17) is 14.9 Å². The number of benzene rings is 2. The predicted molar refractivity (Wildman–Crippen MR) is 85.1 cm³/mol. The number of nitrogens with zero attached hydrogens (tertiary/aromatic N) is 2. The minimum absolute atomic E-state index is 0.466. The Morgan fingerprint density at radius 2 is 1.19 bits per heavy atom. The summed E-state index contributed by atoms with van der Waals surface area (Å²) >= 11 is 0. The van der Waals surface area contributed by atoms with Crippen LogP contribution in [0.25, 0.3) is 0 Å². The average molecular weight is 376 g/mol. The first-order chi connectivity index (χ1) is 12.6. The number of rotatable bonds is 6. The number of carbonyl (C=O) groups excluding carboxylic acids is 1. The van der Waals surface area contributed by atoms with Crippen LogP contribution in [0.3, 0.4) is 0 Å². The Labute approximate surface area is 148 Å². The van der Waals surface area contributed by atoms with E-state index in [0.717, 1.165) is 30.3 Å². The molecule has 138 valence electrons. The molecule has 0 amide bonds. The Morgan fingerprint density at radius 1 is 0.741 bits per heavy atom. The van der Waals surface area contributed by atoms with Crippen LogP contribution >= 0.6 is 0 Å². The van der Waals surface area contributed by atoms with E-state index in [9.17, 15) is 34.6 Å². The molecule has 0 aliphatic rings. The Bertz CT molecular complexity index is 934. The van der Waals surface area contributed by atoms with Crippen molar-refractivity contribution in [3.05, 3.63) is 73.3 Å². The molecule has 0 spiro atoms. The predicted octanol–water partition coefficient (Wildman–Crippen LogP) is 2.12. The van der Waals surface area contributed by atoms with E-state index in [0.29, 0.717) is 6.07 Å². The van der Waals surface area contributed by atoms with Crippen molar-refractivity contribution in [2.45, 2.75) is 0 Å². The second-order valence-corrected chi connectivity index (χ2v) is 5.00. The number of nitro benzene ring substituents is 2. The van der Waals surface area contributed by atoms with E-state index in [-0.39, 0.29) is 0 Å². The number of carboxylic acids is 2. The molecule has 0 fully saturated rings. The van der Waals surface area contributed by atoms with Gasteiger partial charge in [0, 0.05) is 12.1 Å². The van der Waals surface area contributed by atoms with Crippen LogP contribution < -0.4 is 4.74 Å². The topological polar surface area (TPSA) is 187 Å². The number of carboxylic acid groups (broad SMARTS) is 2. The molecule has 27 heavy (non-hydrogen) atoms. The normalized spacial score (nSPS) is 10.1. The average Bonchev–Trinajstić information content (AvgIpc) is 2.60. The molecule has 0 unspecified atom stereocenters. The van der Waals surface area contributed by atoms with Crippen LogP contribution in [-0.4, -0.2) is 38.0 Å². The van der Waals surface area contributed by atoms with Gasteiger partial charge >= 0.3 is 17.9 Å². The number of carbonyl (C=O) groups is 3. The summed E-state index contributed by atoms with van der Waals surface area (Å²) in [6, 6.07) is 4.66. The number of esters is 1. The number of hydrogen-bond donors (Lipinski definition) is 2. The third-order valence-electron chi connectivity index (χ3n) is 3.17. The number of hydrogen-bond acceptors (Lipinski definition) is 8. The van der Waals surface area contributed by atoms with Gasteiger partial charge in [-0.1, -0.05) is 0 Å². The van der Waals surface area contributed by atoms with E-state index in [1.165, 1.54) is 0 Å². The molecule has 12 nitrogen and oxygen atoms in total. The fourth-order valence-corrected chi connectivity index (χ4v) is 1.99. The van der Waals surface area contributed by atoms with Gasteiger partial charge < -0.3 is 14.9 Å². The summed E-state index contributed by atoms with van der Waals surface area (Å²) in [6.45, 7) is 0. The van der Waals surface area contributed by atoms with Crippen molar-refractivity contribution < 1.29 is 39.2 Å². The maximum absolute atomic E-state index is 12.2. The number of non-ortho nitro benzene ring substituents is 2. The van der Waals surface area contributed by atoms with Gasteiger partial charge in [0.1, 0.15) is 5.75 Å². The van der Waals surface area contributed by atoms with Crippen LogP contribution in [0.2, 0.25) is 0 Å². The number of nitro groups is 2. The highest BCUT2D eigenvalue weighted by Crippen LogP contribution is 2.25. The van der Waals surface area contributed by atoms with Gasteiger partial charge in [0.05, 0.1) is 32.6 Å². The minimum Gasteiger partial charge on any atom is -0.478 e. The minimum atomic E-state index is -1.48. The maximum atomic E-state index is 12.2. The van der Waals surface area contributed by atoms with Crippen molar-refractivity contribution in [1.29, 1.82) is 0 Å². The lowest BCUT2D eigenvalue weighted by Crippen LogP contribution is -2.11. The Hall–Kier alpha value is -4.35. The van der Waals surface area contributed by atoms with E-state index in [1.807, 2.05) is 0 Å². The highest BCUT2D eigenvalue weighted by atomic mass is 16.6. The Kier molecular flexibility index (Phi) is 5.11. The molecule has 0 atom stereocenters. The van der Waals surface area contributed by atoms with Gasteiger partial charge in [0.15, 0.2) is 0 Å². The van der Waals surface area contributed by atoms with Crippen molar-refractivity contribution in [1.82, 2.24) is 0 Å². The molecule has 0 saturated carbocycles. The van der Waals surface area contributed by atoms with Crippen LogP contribution in [-0.2, 0) is 0 Å². The fourth-order valence-electron chi connectivity index (χ4n) is 1.99. The van der Waals surface area contributed by atoms with Crippen molar-refractivity contribution in [2.75, 3.05) is 0 Å². The molecule has 2 rings (SSSR count). The van der Waals surface area contributed by atoms with E-state index >= 15 is 0 Å². The molecule has 12 heteroatoms. The van der Waals surface area contributed by atoms with Crippen LogP contribution in [0.15, 0.2) is 36.4 Å². The molecule has 0 radical (unpaired) electrons. The molecular weight excluding hydrogens is 368 g/mol. The SMILES string of the molecule is O=C(O)c1cc(OC(=O)c2cc([N+](=O)[O-])cc([N+](=O)[O-])c2)cc(C(=O)O)c1. The lowest BCUT2D eigenvalue weighted by molar-refractivity contribution is -0.394. The van der Waals surface area contributed by atoms with Gasteiger partial charge in [-0.2, -0.15) is 0 Å². The van der Waals surface area contributed by atoms with E-state index in [2.05, 4.69) is 0 Å². The number of aromatic carboxylic acids is 2. The van der Waals surface area contributed by atoms with Crippen LogP contribution in [0, 0.1) is 20.2 Å². The second-order valence-electron chi connectivity index (χ2n) is 5.00. The Balaban J connectivity index is 2.45. The van der Waals surface area contributed by atoms with Crippen LogP contribution in [0.4, 0.5) is 11.4 Å². The van der Waals surface area contributed by atoms with Crippen molar-refractivity contribution in [3.63, 3.8) is 0 Å². The summed E-state index contributed by atoms with van der Waals surface area (Å²) in [5.41, 5.74) is -2.98. The molecule has 0 heterocycles. The lowest BCUT2D eigenvalue weighted by Gasteiger charge is -2.07. The summed E-state index contributed by atoms with van der Waals surface area (Å²) in [4.78, 5) is 54.0. The van der Waals surface area contributed by atoms with Crippen molar-refractivity contribution >= 4 is 29.3 Å². The molecule has 0 aliphatic carbocycles. The highest BCUT2D eigenvalue weighted by molar-refractivity contribution is 5.96. The molecular formula is C15H8N2O10. The van der Waals surface area contributed by atoms with E-state index < -0.39 is 61.6 Å². The van der Waals surface area contributed by atoms with Crippen molar-refractivity contribution in [3.8, 4) is 5.75 Å². The maximum Gasteiger partial charge on any atom is 0.344 e. The first kappa shape index (κ1) is 19.0. The lowest BCUT2D eigenvalue weighted by atomic mass is 10.1. The van der Waals surface area contributed by atoms with Crippen molar-refractivity contribution in [2.24, 2.45) is 0 Å². The largest absolute Gasteiger partial charge is 0.478 e. The fraction of sp³-hybridized carbons (Fsp3) is 0. The third-order valence-corrected chi connectivity index (χ3v) is 3.17. The summed E-state index contributed by atoms with van der Waals surface area (Å²) in [7, 11) is 0. The van der Waals surface area contributed by atoms with Gasteiger partial charge in [-0.05, 0) is 18.2 Å². The molecule has 0 bridgehead atoms. The molecule has 0 aliphatic heterocycles. The number of ether oxygens (including phenoxy) is 1. The third kappa shape index (κ3) is 4.39. The highest BCUT2D eigenvalue weighted by Gasteiger charge is 2.22. The van der Waals surface area contributed by atoms with Crippen LogP contribution in [0.1, 0.15) is 31.1 Å². The van der Waals surface area contributed by atoms with E-state index in [1.54, 1.807) is 0 Å². The zero-order valence-electron chi connectivity index (χ0n) is 13.0. The van der Waals surface area contributed by atoms with Gasteiger partial charge in [0.2, 0.25) is 0 Å². The second kappa shape index (κ2) is 7.26. The van der Waals surface area contributed by atoms with Gasteiger partial charge in [-0.25, -0.2) is 14.4 Å². The summed E-state index contributed by atoms with van der Waals surface area (Å²) in [5.74, 6) is -4.71. The zero-order valence-corrected chi connectivity index (χ0v) is 13.0. The van der Waals surface area contributed by atoms with Gasteiger partial charge in [0.25, 0.3) is 11.4 Å². The summed E-state index contributed by atoms with van der Waals surface area (Å²) < 4.78 is 4.84. The first-order valence-electron chi connectivity index (χ1n) is 6.86. The standard InChI is InChI=1S/C15H8N2O10/c18-13(19)7-1-8(14(20)21)5-12(4-7)27-15(22)9-2-10(16(23)24)6-11(3-9)17(25)26/h1-6H,(H,18,19)(H,20,21). The molecule has 0 aromatic heterocycles. The summed E-state index contributed by atoms with van der Waals surface area (Å²) in [5, 5.41) is 39.7. The molecule has 2 N–H and O–H groups in total.